The minimum Gasteiger partial charge on any atom is -0.352 e. The van der Waals surface area contributed by atoms with Gasteiger partial charge in [0, 0.05) is 6.04 Å². The maximum absolute atomic E-state index is 11.7. The van der Waals surface area contributed by atoms with Crippen molar-refractivity contribution in [2.75, 3.05) is 20.1 Å². The molecule has 15 heavy (non-hydrogen) atoms. The number of carbonyl (C=O) groups is 1. The highest BCUT2D eigenvalue weighted by Crippen LogP contribution is 2.15. The third-order valence-electron chi connectivity index (χ3n) is 2.90. The third kappa shape index (κ3) is 3.21. The first kappa shape index (κ1) is 12.0. The largest absolute Gasteiger partial charge is 0.352 e. The Morgan fingerprint density at radius 1 is 1.47 bits per heavy atom. The van der Waals surface area contributed by atoms with E-state index in [9.17, 15) is 4.79 Å². The highest BCUT2D eigenvalue weighted by molar-refractivity contribution is 5.84. The first-order chi connectivity index (χ1) is 6.95. The van der Waals surface area contributed by atoms with E-state index in [1.807, 2.05) is 6.07 Å². The van der Waals surface area contributed by atoms with Gasteiger partial charge >= 0.3 is 0 Å². The summed E-state index contributed by atoms with van der Waals surface area (Å²) < 4.78 is 0. The fourth-order valence-electron chi connectivity index (χ4n) is 1.57. The fourth-order valence-corrected chi connectivity index (χ4v) is 1.57. The second kappa shape index (κ2) is 4.63. The van der Waals surface area contributed by atoms with Crippen molar-refractivity contribution in [1.29, 1.82) is 5.26 Å². The van der Waals surface area contributed by atoms with Crippen LogP contribution in [0.1, 0.15) is 26.7 Å². The maximum atomic E-state index is 11.7. The summed E-state index contributed by atoms with van der Waals surface area (Å²) in [5, 5.41) is 11.8. The summed E-state index contributed by atoms with van der Waals surface area (Å²) in [5.41, 5.74) is -0.913. The molecule has 0 radical (unpaired) electrons. The Kier molecular flexibility index (Phi) is 3.70. The molecule has 1 fully saturated rings. The van der Waals surface area contributed by atoms with Crippen molar-refractivity contribution in [2.45, 2.75) is 32.7 Å². The van der Waals surface area contributed by atoms with Gasteiger partial charge in [0.25, 0.3) is 0 Å². The molecule has 1 aliphatic rings. The summed E-state index contributed by atoms with van der Waals surface area (Å²) in [6, 6.07) is 2.25. The summed E-state index contributed by atoms with van der Waals surface area (Å²) in [6.45, 7) is 5.32. The number of piperidine rings is 1. The topological polar surface area (TPSA) is 56.1 Å². The average Bonchev–Trinajstić information content (AvgIpc) is 2.21. The SMILES string of the molecule is CN1CCC(NC(=O)C(C)(C)C#N)CC1. The molecule has 4 nitrogen and oxygen atoms in total. The van der Waals surface area contributed by atoms with Crippen molar-refractivity contribution in [3.8, 4) is 6.07 Å². The molecule has 1 amide bonds. The Hall–Kier alpha value is -1.08. The lowest BCUT2D eigenvalue weighted by molar-refractivity contribution is -0.127. The number of nitrogens with zero attached hydrogens (tertiary/aromatic N) is 2. The predicted molar refractivity (Wildman–Crippen MR) is 58.1 cm³/mol. The van der Waals surface area contributed by atoms with Gasteiger partial charge in [-0.05, 0) is 46.8 Å². The number of nitriles is 1. The van der Waals surface area contributed by atoms with Crippen LogP contribution in [-0.4, -0.2) is 37.0 Å². The molecule has 0 atom stereocenters. The number of hydrogen-bond donors (Lipinski definition) is 1. The van der Waals surface area contributed by atoms with E-state index in [0.717, 1.165) is 25.9 Å². The van der Waals surface area contributed by atoms with Gasteiger partial charge in [0.05, 0.1) is 6.07 Å². The van der Waals surface area contributed by atoms with Gasteiger partial charge in [0.2, 0.25) is 5.91 Å². The van der Waals surface area contributed by atoms with E-state index in [1.54, 1.807) is 13.8 Å². The summed E-state index contributed by atoms with van der Waals surface area (Å²) in [5.74, 6) is -0.153. The number of rotatable bonds is 2. The van der Waals surface area contributed by atoms with Crippen LogP contribution in [0.4, 0.5) is 0 Å². The van der Waals surface area contributed by atoms with E-state index < -0.39 is 5.41 Å². The van der Waals surface area contributed by atoms with Gasteiger partial charge in [-0.2, -0.15) is 5.26 Å². The Morgan fingerprint density at radius 3 is 2.47 bits per heavy atom. The van der Waals surface area contributed by atoms with Crippen molar-refractivity contribution in [3.05, 3.63) is 0 Å². The molecular weight excluding hydrogens is 190 g/mol. The zero-order chi connectivity index (χ0) is 11.5. The molecule has 0 aromatic carbocycles. The first-order valence-corrected chi connectivity index (χ1v) is 5.36. The van der Waals surface area contributed by atoms with E-state index in [-0.39, 0.29) is 11.9 Å². The molecule has 0 aromatic rings. The summed E-state index contributed by atoms with van der Waals surface area (Å²) >= 11 is 0. The lowest BCUT2D eigenvalue weighted by Crippen LogP contribution is -2.47. The van der Waals surface area contributed by atoms with Crippen molar-refractivity contribution < 1.29 is 4.79 Å². The fraction of sp³-hybridized carbons (Fsp3) is 0.818. The summed E-state index contributed by atoms with van der Waals surface area (Å²) in [6.07, 6.45) is 1.95. The molecule has 0 spiro atoms. The van der Waals surface area contributed by atoms with Crippen LogP contribution in [0.5, 0.6) is 0 Å². The Morgan fingerprint density at radius 2 is 2.00 bits per heavy atom. The molecular formula is C11H19N3O. The van der Waals surface area contributed by atoms with Crippen LogP contribution in [0, 0.1) is 16.7 Å². The lowest BCUT2D eigenvalue weighted by atomic mass is 9.93. The second-order valence-electron chi connectivity index (χ2n) is 4.79. The molecule has 1 N–H and O–H groups in total. The van der Waals surface area contributed by atoms with Gasteiger partial charge in [0.1, 0.15) is 5.41 Å². The number of carbonyl (C=O) groups excluding carboxylic acids is 1. The van der Waals surface area contributed by atoms with Crippen LogP contribution >= 0.6 is 0 Å². The normalized spacial score (nSPS) is 19.6. The monoisotopic (exact) mass is 209 g/mol. The molecule has 1 aliphatic heterocycles. The Bertz CT molecular complexity index is 272. The lowest BCUT2D eigenvalue weighted by Gasteiger charge is -2.30. The van der Waals surface area contributed by atoms with Crippen LogP contribution in [0.3, 0.4) is 0 Å². The van der Waals surface area contributed by atoms with Crippen LogP contribution < -0.4 is 5.32 Å². The number of nitrogens with one attached hydrogen (secondary N) is 1. The maximum Gasteiger partial charge on any atom is 0.240 e. The Balaban J connectivity index is 2.43. The summed E-state index contributed by atoms with van der Waals surface area (Å²) in [7, 11) is 2.08. The van der Waals surface area contributed by atoms with Gasteiger partial charge in [-0.1, -0.05) is 0 Å². The first-order valence-electron chi connectivity index (χ1n) is 5.36. The van der Waals surface area contributed by atoms with Crippen molar-refractivity contribution >= 4 is 5.91 Å². The zero-order valence-electron chi connectivity index (χ0n) is 9.71. The van der Waals surface area contributed by atoms with Crippen LogP contribution in [0.15, 0.2) is 0 Å². The number of hydrogen-bond acceptors (Lipinski definition) is 3. The van der Waals surface area contributed by atoms with Gasteiger partial charge < -0.3 is 10.2 Å². The van der Waals surface area contributed by atoms with Crippen molar-refractivity contribution in [3.63, 3.8) is 0 Å². The standard InChI is InChI=1S/C11H19N3O/c1-11(2,8-12)10(15)13-9-4-6-14(3)7-5-9/h9H,4-7H2,1-3H3,(H,13,15). The van der Waals surface area contributed by atoms with Gasteiger partial charge in [-0.3, -0.25) is 4.79 Å². The van der Waals surface area contributed by atoms with Crippen LogP contribution in [0.25, 0.3) is 0 Å². The van der Waals surface area contributed by atoms with Crippen LogP contribution in [0.2, 0.25) is 0 Å². The molecule has 1 rings (SSSR count). The molecule has 1 saturated heterocycles. The van der Waals surface area contributed by atoms with Crippen LogP contribution in [-0.2, 0) is 4.79 Å². The van der Waals surface area contributed by atoms with E-state index in [4.69, 9.17) is 5.26 Å². The van der Waals surface area contributed by atoms with E-state index in [0.29, 0.717) is 0 Å². The minimum atomic E-state index is -0.913. The zero-order valence-corrected chi connectivity index (χ0v) is 9.71. The highest BCUT2D eigenvalue weighted by Gasteiger charge is 2.29. The quantitative estimate of drug-likeness (QED) is 0.730. The molecule has 1 heterocycles. The number of amides is 1. The second-order valence-corrected chi connectivity index (χ2v) is 4.79. The number of likely N-dealkylation sites (tertiary alicyclic amines) is 1. The molecule has 84 valence electrons. The molecule has 0 bridgehead atoms. The molecule has 0 saturated carbocycles. The van der Waals surface area contributed by atoms with Crippen molar-refractivity contribution in [2.24, 2.45) is 5.41 Å². The van der Waals surface area contributed by atoms with Gasteiger partial charge in [-0.25, -0.2) is 0 Å². The molecule has 4 heteroatoms. The third-order valence-corrected chi connectivity index (χ3v) is 2.90. The predicted octanol–water partition coefficient (Wildman–Crippen LogP) is 0.747. The minimum absolute atomic E-state index is 0.153. The molecule has 0 unspecified atom stereocenters. The Labute approximate surface area is 91.2 Å². The molecule has 0 aliphatic carbocycles. The smallest absolute Gasteiger partial charge is 0.240 e. The van der Waals surface area contributed by atoms with Gasteiger partial charge in [0.15, 0.2) is 0 Å². The highest BCUT2D eigenvalue weighted by atomic mass is 16.2. The molecule has 0 aromatic heterocycles. The van der Waals surface area contributed by atoms with E-state index in [2.05, 4.69) is 17.3 Å². The van der Waals surface area contributed by atoms with E-state index in [1.165, 1.54) is 0 Å². The van der Waals surface area contributed by atoms with Gasteiger partial charge in [-0.15, -0.1) is 0 Å². The summed E-state index contributed by atoms with van der Waals surface area (Å²) in [4.78, 5) is 13.9. The van der Waals surface area contributed by atoms with Crippen molar-refractivity contribution in [1.82, 2.24) is 10.2 Å². The average molecular weight is 209 g/mol. The van der Waals surface area contributed by atoms with E-state index >= 15 is 0 Å².